The summed E-state index contributed by atoms with van der Waals surface area (Å²) >= 11 is 0.794. The van der Waals surface area contributed by atoms with Gasteiger partial charge in [0.25, 0.3) is 10.0 Å². The van der Waals surface area contributed by atoms with E-state index >= 15 is 0 Å². The number of carbonyl (C=O) groups excluding carboxylic acids is 2. The number of aromatic nitrogens is 1. The minimum absolute atomic E-state index is 0.124. The van der Waals surface area contributed by atoms with Crippen molar-refractivity contribution < 1.29 is 18.0 Å². The number of hydrogen-bond acceptors (Lipinski definition) is 6. The smallest absolute Gasteiger partial charge is 0.302 e. The number of thiazole rings is 1. The number of carbonyl (C=O) groups is 2. The Balaban J connectivity index is 1.72. The van der Waals surface area contributed by atoms with Crippen molar-refractivity contribution in [3.05, 3.63) is 65.4 Å². The van der Waals surface area contributed by atoms with Crippen LogP contribution in [0.5, 0.6) is 0 Å². The Morgan fingerprint density at radius 3 is 2.10 bits per heavy atom. The van der Waals surface area contributed by atoms with Crippen LogP contribution in [-0.2, 0) is 27.7 Å². The third kappa shape index (κ3) is 4.17. The Kier molecular flexibility index (Phi) is 5.50. The summed E-state index contributed by atoms with van der Waals surface area (Å²) in [6.07, 6.45) is 1.47. The number of fused-ring (bicyclic) bond motifs is 2. The lowest BCUT2D eigenvalue weighted by atomic mass is 10.0. The first-order valence-corrected chi connectivity index (χ1v) is 11.8. The van der Waals surface area contributed by atoms with E-state index in [9.17, 15) is 18.0 Å². The van der Waals surface area contributed by atoms with E-state index in [-0.39, 0.29) is 20.9 Å². The summed E-state index contributed by atoms with van der Waals surface area (Å²) in [7, 11) is -4.21. The maximum absolute atomic E-state index is 13.3. The molecule has 1 aliphatic heterocycles. The van der Waals surface area contributed by atoms with Crippen molar-refractivity contribution in [2.75, 3.05) is 10.2 Å². The van der Waals surface area contributed by atoms with Crippen molar-refractivity contribution >= 4 is 49.8 Å². The van der Waals surface area contributed by atoms with Crippen LogP contribution in [0.1, 0.15) is 23.7 Å². The minimum Gasteiger partial charge on any atom is -0.302 e. The van der Waals surface area contributed by atoms with Crippen LogP contribution in [0.25, 0.3) is 0 Å². The van der Waals surface area contributed by atoms with Gasteiger partial charge < -0.3 is 5.32 Å². The Morgan fingerprint density at radius 2 is 1.55 bits per heavy atom. The highest BCUT2D eigenvalue weighted by molar-refractivity contribution is 7.92. The molecule has 3 aromatic rings. The fraction of sp³-hybridized carbons (Fsp3) is 0.190. The molecule has 0 aliphatic carbocycles. The van der Waals surface area contributed by atoms with Gasteiger partial charge in [-0.3, -0.25) is 9.69 Å². The topological polar surface area (TPSA) is 108 Å². The van der Waals surface area contributed by atoms with Crippen LogP contribution >= 0.6 is 11.3 Å². The number of rotatable bonds is 3. The van der Waals surface area contributed by atoms with Gasteiger partial charge in [0.1, 0.15) is 0 Å². The monoisotopic (exact) mass is 456 g/mol. The van der Waals surface area contributed by atoms with Gasteiger partial charge >= 0.3 is 6.03 Å². The predicted octanol–water partition coefficient (Wildman–Crippen LogP) is 3.75. The van der Waals surface area contributed by atoms with Crippen LogP contribution in [0.4, 0.5) is 21.3 Å². The molecule has 2 N–H and O–H groups in total. The third-order valence-corrected chi connectivity index (χ3v) is 7.84. The number of anilines is 3. The van der Waals surface area contributed by atoms with Gasteiger partial charge in [-0.05, 0) is 43.0 Å². The molecule has 0 spiro atoms. The summed E-state index contributed by atoms with van der Waals surface area (Å²) in [5.41, 5.74) is 3.38. The maximum atomic E-state index is 13.3. The molecule has 1 aromatic heterocycles. The quantitative estimate of drug-likeness (QED) is 0.624. The van der Waals surface area contributed by atoms with Gasteiger partial charge in [0, 0.05) is 6.92 Å². The third-order valence-electron chi connectivity index (χ3n) is 4.83. The summed E-state index contributed by atoms with van der Waals surface area (Å²) in [6.45, 7) is 2.82. The van der Waals surface area contributed by atoms with Crippen molar-refractivity contribution in [2.24, 2.45) is 0 Å². The number of para-hydroxylation sites is 2. The summed E-state index contributed by atoms with van der Waals surface area (Å²) in [4.78, 5) is 30.0. The van der Waals surface area contributed by atoms with Gasteiger partial charge in [0.2, 0.25) is 5.91 Å². The molecule has 0 saturated heterocycles. The molecule has 2 aromatic carbocycles. The highest BCUT2D eigenvalue weighted by atomic mass is 32.2. The number of nitrogens with one attached hydrogen (secondary N) is 2. The van der Waals surface area contributed by atoms with Gasteiger partial charge in [0.05, 0.1) is 17.1 Å². The number of nitrogens with zero attached hydrogens (tertiary/aromatic N) is 2. The van der Waals surface area contributed by atoms with E-state index in [1.807, 2.05) is 36.4 Å². The van der Waals surface area contributed by atoms with Crippen molar-refractivity contribution in [2.45, 2.75) is 30.9 Å². The number of aryl methyl sites for hydroxylation is 3. The molecule has 0 atom stereocenters. The summed E-state index contributed by atoms with van der Waals surface area (Å²) in [6, 6.07) is 14.1. The average Bonchev–Trinajstić information content (AvgIpc) is 2.99. The zero-order chi connectivity index (χ0) is 22.2. The van der Waals surface area contributed by atoms with Crippen LogP contribution in [0.3, 0.4) is 0 Å². The first kappa shape index (κ1) is 21.0. The van der Waals surface area contributed by atoms with E-state index in [1.165, 1.54) is 18.7 Å². The van der Waals surface area contributed by atoms with Gasteiger partial charge in [-0.15, -0.1) is 0 Å². The predicted molar refractivity (Wildman–Crippen MR) is 119 cm³/mol. The molecule has 160 valence electrons. The van der Waals surface area contributed by atoms with Crippen LogP contribution in [0, 0.1) is 6.92 Å². The molecule has 0 radical (unpaired) electrons. The highest BCUT2D eigenvalue weighted by Gasteiger charge is 2.31. The van der Waals surface area contributed by atoms with E-state index in [2.05, 4.69) is 15.0 Å². The number of urea groups is 1. The second kappa shape index (κ2) is 8.12. The lowest BCUT2D eigenvalue weighted by Gasteiger charge is -2.25. The zero-order valence-corrected chi connectivity index (χ0v) is 18.5. The van der Waals surface area contributed by atoms with E-state index < -0.39 is 16.1 Å². The summed E-state index contributed by atoms with van der Waals surface area (Å²) in [5, 5.41) is 2.63. The van der Waals surface area contributed by atoms with Gasteiger partial charge in [-0.25, -0.2) is 22.9 Å². The van der Waals surface area contributed by atoms with Crippen molar-refractivity contribution in [3.8, 4) is 0 Å². The molecule has 0 unspecified atom stereocenters. The van der Waals surface area contributed by atoms with E-state index in [0.717, 1.165) is 35.3 Å². The molecule has 10 heteroatoms. The summed E-state index contributed by atoms with van der Waals surface area (Å²) < 4.78 is 28.1. The second-order valence-electron chi connectivity index (χ2n) is 7.08. The van der Waals surface area contributed by atoms with Crippen LogP contribution < -0.4 is 14.9 Å². The summed E-state index contributed by atoms with van der Waals surface area (Å²) in [5.74, 6) is -0.362. The second-order valence-corrected chi connectivity index (χ2v) is 9.95. The standard InChI is InChI=1S/C21H20N4O4S2/c1-13-19(30-20(22-13)23-14(2)26)31(28,29)24-21(27)25-17-9-5-3-7-15(17)11-12-16-8-4-6-10-18(16)25/h3-10H,11-12H2,1-2H3,(H,24,27)(H,22,23,26). The Labute approximate surface area is 184 Å². The molecular weight excluding hydrogens is 436 g/mol. The first-order chi connectivity index (χ1) is 14.8. The molecule has 3 amide bonds. The zero-order valence-electron chi connectivity index (χ0n) is 16.9. The molecule has 1 aliphatic rings. The van der Waals surface area contributed by atoms with Gasteiger partial charge in [0.15, 0.2) is 9.34 Å². The molecule has 0 bridgehead atoms. The molecule has 4 rings (SSSR count). The van der Waals surface area contributed by atoms with Crippen LogP contribution in [0.2, 0.25) is 0 Å². The Bertz CT molecular complexity index is 1240. The molecular formula is C21H20N4O4S2. The van der Waals surface area contributed by atoms with Gasteiger partial charge in [-0.2, -0.15) is 0 Å². The van der Waals surface area contributed by atoms with Crippen LogP contribution in [-0.4, -0.2) is 25.3 Å². The van der Waals surface area contributed by atoms with Crippen molar-refractivity contribution in [3.63, 3.8) is 0 Å². The molecule has 2 heterocycles. The highest BCUT2D eigenvalue weighted by Crippen LogP contribution is 2.36. The Morgan fingerprint density at radius 1 is 1.00 bits per heavy atom. The molecule has 0 saturated carbocycles. The molecule has 31 heavy (non-hydrogen) atoms. The largest absolute Gasteiger partial charge is 0.340 e. The van der Waals surface area contributed by atoms with E-state index in [0.29, 0.717) is 11.4 Å². The van der Waals surface area contributed by atoms with Crippen LogP contribution in [0.15, 0.2) is 52.7 Å². The molecule has 8 nitrogen and oxygen atoms in total. The fourth-order valence-corrected chi connectivity index (χ4v) is 5.94. The van der Waals surface area contributed by atoms with Crippen molar-refractivity contribution in [1.29, 1.82) is 0 Å². The first-order valence-electron chi connectivity index (χ1n) is 9.54. The van der Waals surface area contributed by atoms with Crippen molar-refractivity contribution in [1.82, 2.24) is 9.71 Å². The van der Waals surface area contributed by atoms with Gasteiger partial charge in [-0.1, -0.05) is 47.7 Å². The Hall–Kier alpha value is -3.24. The fourth-order valence-electron chi connectivity index (χ4n) is 3.54. The number of amides is 3. The lowest BCUT2D eigenvalue weighted by molar-refractivity contribution is -0.114. The van der Waals surface area contributed by atoms with E-state index in [1.54, 1.807) is 12.1 Å². The molecule has 0 fully saturated rings. The lowest BCUT2D eigenvalue weighted by Crippen LogP contribution is -2.40. The maximum Gasteiger partial charge on any atom is 0.340 e. The SMILES string of the molecule is CC(=O)Nc1nc(C)c(S(=O)(=O)NC(=O)N2c3ccccc3CCc3ccccc32)s1. The number of hydrogen-bond donors (Lipinski definition) is 2. The van der Waals surface area contributed by atoms with E-state index in [4.69, 9.17) is 0 Å². The minimum atomic E-state index is -4.21. The average molecular weight is 457 g/mol. The number of benzene rings is 2. The normalized spacial score (nSPS) is 13.0. The number of sulfonamides is 1.